The number of anilines is 2. The highest BCUT2D eigenvalue weighted by Crippen LogP contribution is 2.31. The number of ether oxygens (including phenoxy) is 2. The molecule has 1 fully saturated rings. The minimum absolute atomic E-state index is 0.160. The van der Waals surface area contributed by atoms with Crippen molar-refractivity contribution in [3.05, 3.63) is 46.8 Å². The van der Waals surface area contributed by atoms with E-state index < -0.39 is 5.82 Å². The number of halogens is 2. The molecule has 8 heteroatoms. The van der Waals surface area contributed by atoms with Crippen LogP contribution in [-0.4, -0.2) is 36.8 Å². The molecule has 4 rings (SSSR count). The summed E-state index contributed by atoms with van der Waals surface area (Å²) in [5, 5.41) is 7.35. The van der Waals surface area contributed by atoms with Gasteiger partial charge in [-0.1, -0.05) is 0 Å². The first-order valence-corrected chi connectivity index (χ1v) is 10.3. The third-order valence-electron chi connectivity index (χ3n) is 4.97. The van der Waals surface area contributed by atoms with Gasteiger partial charge in [0.15, 0.2) is 11.6 Å². The van der Waals surface area contributed by atoms with E-state index in [2.05, 4.69) is 36.5 Å². The molecule has 152 valence electrons. The lowest BCUT2D eigenvalue weighted by Gasteiger charge is -2.23. The molecule has 3 aromatic rings. The summed E-state index contributed by atoms with van der Waals surface area (Å²) in [6.45, 7) is 2.78. The van der Waals surface area contributed by atoms with Crippen molar-refractivity contribution in [3.63, 3.8) is 0 Å². The van der Waals surface area contributed by atoms with Crippen molar-refractivity contribution in [1.29, 1.82) is 0 Å². The molecule has 0 spiro atoms. The van der Waals surface area contributed by atoms with Gasteiger partial charge in [0.1, 0.15) is 5.75 Å². The Hall–Kier alpha value is -2.45. The van der Waals surface area contributed by atoms with Crippen molar-refractivity contribution in [2.24, 2.45) is 5.92 Å². The number of benzene rings is 2. The molecule has 0 amide bonds. The highest BCUT2D eigenvalue weighted by atomic mass is 79.9. The van der Waals surface area contributed by atoms with Crippen LogP contribution in [0.2, 0.25) is 0 Å². The Bertz CT molecular complexity index is 1010. The second kappa shape index (κ2) is 8.92. The molecule has 0 atom stereocenters. The summed E-state index contributed by atoms with van der Waals surface area (Å²) < 4.78 is 25.6. The van der Waals surface area contributed by atoms with Crippen molar-refractivity contribution < 1.29 is 13.9 Å². The second-order valence-electron chi connectivity index (χ2n) is 7.01. The summed E-state index contributed by atoms with van der Waals surface area (Å²) in [4.78, 5) is 8.92. The van der Waals surface area contributed by atoms with Crippen molar-refractivity contribution in [2.45, 2.75) is 12.8 Å². The molecule has 1 aliphatic heterocycles. The quantitative estimate of drug-likeness (QED) is 0.557. The van der Waals surface area contributed by atoms with Crippen LogP contribution in [0.3, 0.4) is 0 Å². The van der Waals surface area contributed by atoms with Gasteiger partial charge in [0.05, 0.1) is 23.7 Å². The maximum absolute atomic E-state index is 13.6. The molecule has 2 aromatic carbocycles. The largest absolute Gasteiger partial charge is 0.494 e. The minimum atomic E-state index is -0.419. The Kier molecular flexibility index (Phi) is 6.10. The van der Waals surface area contributed by atoms with Crippen LogP contribution in [0.4, 0.5) is 16.0 Å². The fourth-order valence-corrected chi connectivity index (χ4v) is 3.80. The molecule has 0 unspecified atom stereocenters. The van der Waals surface area contributed by atoms with Gasteiger partial charge in [-0.2, -0.15) is 0 Å². The summed E-state index contributed by atoms with van der Waals surface area (Å²) in [6.07, 6.45) is 4.00. The number of fused-ring (bicyclic) bond motifs is 1. The Labute approximate surface area is 177 Å². The topological polar surface area (TPSA) is 68.3 Å². The highest BCUT2D eigenvalue weighted by Gasteiger charge is 2.15. The number of methoxy groups -OCH3 is 1. The predicted molar refractivity (Wildman–Crippen MR) is 115 cm³/mol. The average molecular weight is 461 g/mol. The maximum Gasteiger partial charge on any atom is 0.227 e. The molecule has 0 radical (unpaired) electrons. The summed E-state index contributed by atoms with van der Waals surface area (Å²) in [5.41, 5.74) is 1.40. The van der Waals surface area contributed by atoms with Gasteiger partial charge in [-0.05, 0) is 66.0 Å². The predicted octanol–water partition coefficient (Wildman–Crippen LogP) is 4.66. The number of rotatable bonds is 6. The van der Waals surface area contributed by atoms with E-state index in [4.69, 9.17) is 9.47 Å². The zero-order chi connectivity index (χ0) is 20.2. The summed E-state index contributed by atoms with van der Waals surface area (Å²) >= 11 is 3.58. The van der Waals surface area contributed by atoms with Crippen LogP contribution in [-0.2, 0) is 0 Å². The summed E-state index contributed by atoms with van der Waals surface area (Å²) in [5.74, 6) is 1.49. The van der Waals surface area contributed by atoms with Gasteiger partial charge in [0.25, 0.3) is 0 Å². The molecule has 6 nitrogen and oxygen atoms in total. The summed E-state index contributed by atoms with van der Waals surface area (Å²) in [6, 6.07) is 8.39. The number of hydrogen-bond donors (Lipinski definition) is 2. The smallest absolute Gasteiger partial charge is 0.227 e. The molecule has 1 saturated heterocycles. The van der Waals surface area contributed by atoms with E-state index in [9.17, 15) is 4.39 Å². The molecule has 1 aromatic heterocycles. The van der Waals surface area contributed by atoms with E-state index >= 15 is 0 Å². The molecule has 0 bridgehead atoms. The molecule has 2 N–H and O–H groups in total. The first-order chi connectivity index (χ1) is 14.1. The van der Waals surface area contributed by atoms with Crippen molar-refractivity contribution in [1.82, 2.24) is 15.3 Å². The maximum atomic E-state index is 13.6. The number of nitrogens with zero attached hydrogens (tertiary/aromatic N) is 2. The van der Waals surface area contributed by atoms with Gasteiger partial charge in [0.2, 0.25) is 5.95 Å². The Morgan fingerprint density at radius 3 is 2.83 bits per heavy atom. The lowest BCUT2D eigenvalue weighted by atomic mass is 9.99. The van der Waals surface area contributed by atoms with Gasteiger partial charge >= 0.3 is 0 Å². The van der Waals surface area contributed by atoms with Crippen molar-refractivity contribution in [3.8, 4) is 11.5 Å². The van der Waals surface area contributed by atoms with Gasteiger partial charge in [-0.3, -0.25) is 0 Å². The monoisotopic (exact) mass is 460 g/mol. The molecule has 2 heterocycles. The van der Waals surface area contributed by atoms with Crippen LogP contribution in [0.1, 0.15) is 12.8 Å². The van der Waals surface area contributed by atoms with Crippen molar-refractivity contribution >= 4 is 38.5 Å². The fraction of sp³-hybridized carbons (Fsp3) is 0.333. The van der Waals surface area contributed by atoms with Crippen LogP contribution in [0.15, 0.2) is 41.0 Å². The third-order valence-corrected chi connectivity index (χ3v) is 5.59. The zero-order valence-corrected chi connectivity index (χ0v) is 17.6. The molecule has 29 heavy (non-hydrogen) atoms. The summed E-state index contributed by atoms with van der Waals surface area (Å²) in [7, 11) is 1.43. The van der Waals surface area contributed by atoms with Gasteiger partial charge in [-0.25, -0.2) is 14.4 Å². The van der Waals surface area contributed by atoms with E-state index in [1.54, 1.807) is 18.3 Å². The normalized spacial score (nSPS) is 14.7. The molecular weight excluding hydrogens is 439 g/mol. The SMILES string of the molecule is COc1cc(Nc2ncc3cc(Br)c(OCC4CCNCC4)cc3n2)ccc1F. The van der Waals surface area contributed by atoms with Gasteiger partial charge in [-0.15, -0.1) is 0 Å². The lowest BCUT2D eigenvalue weighted by molar-refractivity contribution is 0.214. The van der Waals surface area contributed by atoms with Crippen LogP contribution in [0, 0.1) is 11.7 Å². The number of aromatic nitrogens is 2. The van der Waals surface area contributed by atoms with E-state index in [0.717, 1.165) is 47.1 Å². The number of piperidine rings is 1. The Balaban J connectivity index is 1.53. The van der Waals surface area contributed by atoms with Crippen LogP contribution >= 0.6 is 15.9 Å². The third kappa shape index (κ3) is 4.76. The molecule has 0 aliphatic carbocycles. The van der Waals surface area contributed by atoms with Crippen molar-refractivity contribution in [2.75, 3.05) is 32.1 Å². The van der Waals surface area contributed by atoms with Crippen LogP contribution < -0.4 is 20.1 Å². The van der Waals surface area contributed by atoms with Gasteiger partial charge in [0, 0.05) is 29.4 Å². The Morgan fingerprint density at radius 1 is 1.21 bits per heavy atom. The van der Waals surface area contributed by atoms with Gasteiger partial charge < -0.3 is 20.1 Å². The molecular formula is C21H22BrFN4O2. The minimum Gasteiger partial charge on any atom is -0.494 e. The van der Waals surface area contributed by atoms with E-state index in [1.165, 1.54) is 13.2 Å². The first-order valence-electron chi connectivity index (χ1n) is 9.53. The fourth-order valence-electron chi connectivity index (χ4n) is 3.33. The standard InChI is InChI=1S/C21H22BrFN4O2/c1-28-20-9-15(2-3-17(20)23)26-21-25-11-14-8-16(22)19(10-18(14)27-21)29-12-13-4-6-24-7-5-13/h2-3,8-11,13,24H,4-7,12H2,1H3,(H,25,26,27). The zero-order valence-electron chi connectivity index (χ0n) is 16.0. The molecule has 1 aliphatic rings. The second-order valence-corrected chi connectivity index (χ2v) is 7.87. The highest BCUT2D eigenvalue weighted by molar-refractivity contribution is 9.10. The van der Waals surface area contributed by atoms with Crippen LogP contribution in [0.25, 0.3) is 10.9 Å². The van der Waals surface area contributed by atoms with E-state index in [0.29, 0.717) is 24.2 Å². The van der Waals surface area contributed by atoms with E-state index in [1.807, 2.05) is 12.1 Å². The average Bonchev–Trinajstić information content (AvgIpc) is 2.74. The molecule has 0 saturated carbocycles. The number of nitrogens with one attached hydrogen (secondary N) is 2. The van der Waals surface area contributed by atoms with E-state index in [-0.39, 0.29) is 5.75 Å². The lowest BCUT2D eigenvalue weighted by Crippen LogP contribution is -2.30. The Morgan fingerprint density at radius 2 is 2.03 bits per heavy atom. The number of hydrogen-bond acceptors (Lipinski definition) is 6. The first kappa shape index (κ1) is 19.8. The van der Waals surface area contributed by atoms with Crippen LogP contribution in [0.5, 0.6) is 11.5 Å².